The smallest absolute Gasteiger partial charge is 0.217 e. The molecule has 14 heavy (non-hydrogen) atoms. The molecule has 0 aromatic carbocycles. The van der Waals surface area contributed by atoms with Crippen LogP contribution in [0.15, 0.2) is 0 Å². The lowest BCUT2D eigenvalue weighted by molar-refractivity contribution is -0.144. The molecule has 1 fully saturated rings. The number of hydrogen-bond acceptors (Lipinski definition) is 5. The van der Waals surface area contributed by atoms with Gasteiger partial charge in [0.15, 0.2) is 0 Å². The molecule has 0 aromatic rings. The minimum Gasteiger partial charge on any atom is -0.394 e. The second kappa shape index (κ2) is 4.70. The molecule has 0 aliphatic carbocycles. The number of hydrogen-bond donors (Lipinski definition) is 4. The number of amides is 1. The van der Waals surface area contributed by atoms with Gasteiger partial charge >= 0.3 is 0 Å². The van der Waals surface area contributed by atoms with E-state index in [-0.39, 0.29) is 12.5 Å². The highest BCUT2D eigenvalue weighted by Gasteiger charge is 2.38. The zero-order valence-electron chi connectivity index (χ0n) is 7.75. The molecule has 1 aliphatic heterocycles. The number of aliphatic hydroxyl groups is 3. The van der Waals surface area contributed by atoms with Gasteiger partial charge in [-0.1, -0.05) is 0 Å². The van der Waals surface area contributed by atoms with Crippen molar-refractivity contribution < 1.29 is 24.9 Å². The SMILES string of the molecule is CC(=O)N[C@@H]1[CH]O[C@H](CO)[C@@H](O)[C@@H]1O. The highest BCUT2D eigenvalue weighted by atomic mass is 16.5. The molecule has 6 heteroatoms. The van der Waals surface area contributed by atoms with E-state index >= 15 is 0 Å². The van der Waals surface area contributed by atoms with Crippen LogP contribution in [0, 0.1) is 6.61 Å². The van der Waals surface area contributed by atoms with E-state index in [4.69, 9.17) is 9.84 Å². The van der Waals surface area contributed by atoms with Gasteiger partial charge in [0.05, 0.1) is 12.6 Å². The molecule has 4 N–H and O–H groups in total. The van der Waals surface area contributed by atoms with Crippen LogP contribution in [-0.2, 0) is 9.53 Å². The van der Waals surface area contributed by atoms with Crippen LogP contribution < -0.4 is 5.32 Å². The van der Waals surface area contributed by atoms with Crippen molar-refractivity contribution in [2.45, 2.75) is 31.3 Å². The summed E-state index contributed by atoms with van der Waals surface area (Å²) in [5.74, 6) is -0.330. The number of carbonyl (C=O) groups excluding carboxylic acids is 1. The van der Waals surface area contributed by atoms with Crippen LogP contribution in [-0.4, -0.2) is 52.2 Å². The Morgan fingerprint density at radius 1 is 1.50 bits per heavy atom. The van der Waals surface area contributed by atoms with Crippen molar-refractivity contribution >= 4 is 5.91 Å². The van der Waals surface area contributed by atoms with Gasteiger partial charge in [0.2, 0.25) is 5.91 Å². The van der Waals surface area contributed by atoms with Crippen LogP contribution >= 0.6 is 0 Å². The number of nitrogens with one attached hydrogen (secondary N) is 1. The molecular formula is C8H14NO5. The molecule has 1 rings (SSSR count). The fourth-order valence-corrected chi connectivity index (χ4v) is 1.28. The van der Waals surface area contributed by atoms with Gasteiger partial charge in [0.25, 0.3) is 0 Å². The standard InChI is InChI=1S/C8H14NO5/c1-4(11)9-5-3-14-6(2-10)8(13)7(5)12/h3,5-8,10,12-13H,2H2,1H3,(H,9,11)/t5-,6-,7-,8-/m1/s1. The molecule has 1 heterocycles. The summed E-state index contributed by atoms with van der Waals surface area (Å²) in [7, 11) is 0. The van der Waals surface area contributed by atoms with Gasteiger partial charge in [-0.25, -0.2) is 0 Å². The maximum absolute atomic E-state index is 10.7. The Hall–Kier alpha value is -0.690. The molecule has 1 saturated heterocycles. The summed E-state index contributed by atoms with van der Waals surface area (Å²) < 4.78 is 4.92. The maximum atomic E-state index is 10.7. The van der Waals surface area contributed by atoms with Gasteiger partial charge in [0, 0.05) is 6.92 Å². The van der Waals surface area contributed by atoms with Crippen LogP contribution in [0.2, 0.25) is 0 Å². The van der Waals surface area contributed by atoms with E-state index in [0.29, 0.717) is 0 Å². The van der Waals surface area contributed by atoms with E-state index in [0.717, 1.165) is 0 Å². The lowest BCUT2D eigenvalue weighted by atomic mass is 9.98. The molecule has 4 atom stereocenters. The number of aliphatic hydroxyl groups excluding tert-OH is 3. The zero-order chi connectivity index (χ0) is 10.7. The minimum atomic E-state index is -1.21. The molecule has 0 saturated carbocycles. The normalized spacial score (nSPS) is 38.0. The van der Waals surface area contributed by atoms with E-state index < -0.39 is 24.4 Å². The van der Waals surface area contributed by atoms with Crippen molar-refractivity contribution in [2.24, 2.45) is 0 Å². The van der Waals surface area contributed by atoms with Crippen molar-refractivity contribution in [1.82, 2.24) is 5.32 Å². The lowest BCUT2D eigenvalue weighted by Crippen LogP contribution is -2.57. The quantitative estimate of drug-likeness (QED) is 0.408. The first-order valence-corrected chi connectivity index (χ1v) is 4.29. The second-order valence-electron chi connectivity index (χ2n) is 3.20. The third kappa shape index (κ3) is 2.42. The van der Waals surface area contributed by atoms with Crippen LogP contribution in [0.5, 0.6) is 0 Å². The van der Waals surface area contributed by atoms with Crippen molar-refractivity contribution in [3.05, 3.63) is 6.61 Å². The molecule has 1 radical (unpaired) electrons. The van der Waals surface area contributed by atoms with Gasteiger partial charge < -0.3 is 25.4 Å². The monoisotopic (exact) mass is 204 g/mol. The summed E-state index contributed by atoms with van der Waals surface area (Å²) in [6.07, 6.45) is -3.21. The van der Waals surface area contributed by atoms with E-state index in [9.17, 15) is 15.0 Å². The Morgan fingerprint density at radius 2 is 2.14 bits per heavy atom. The van der Waals surface area contributed by atoms with E-state index in [1.807, 2.05) is 0 Å². The molecule has 1 amide bonds. The van der Waals surface area contributed by atoms with Crippen LogP contribution in [0.4, 0.5) is 0 Å². The largest absolute Gasteiger partial charge is 0.394 e. The maximum Gasteiger partial charge on any atom is 0.217 e. The topological polar surface area (TPSA) is 99.0 Å². The molecule has 1 aliphatic rings. The van der Waals surface area contributed by atoms with Gasteiger partial charge in [-0.15, -0.1) is 0 Å². The fraction of sp³-hybridized carbons (Fsp3) is 0.750. The van der Waals surface area contributed by atoms with Crippen molar-refractivity contribution in [1.29, 1.82) is 0 Å². The summed E-state index contributed by atoms with van der Waals surface area (Å²) in [6, 6.07) is -0.745. The lowest BCUT2D eigenvalue weighted by Gasteiger charge is -2.36. The predicted molar refractivity (Wildman–Crippen MR) is 45.9 cm³/mol. The summed E-state index contributed by atoms with van der Waals surface area (Å²) >= 11 is 0. The summed E-state index contributed by atoms with van der Waals surface area (Å²) in [5, 5.41) is 30.1. The number of ether oxygens (including phenoxy) is 1. The Kier molecular flexibility index (Phi) is 3.82. The Morgan fingerprint density at radius 3 is 2.64 bits per heavy atom. The average Bonchev–Trinajstić information content (AvgIpc) is 2.13. The highest BCUT2D eigenvalue weighted by Crippen LogP contribution is 2.17. The highest BCUT2D eigenvalue weighted by molar-refractivity contribution is 5.73. The molecule has 0 aromatic heterocycles. The molecule has 81 valence electrons. The Labute approximate surface area is 81.5 Å². The summed E-state index contributed by atoms with van der Waals surface area (Å²) in [6.45, 7) is 2.12. The zero-order valence-corrected chi connectivity index (χ0v) is 7.75. The Bertz CT molecular complexity index is 210. The molecule has 0 spiro atoms. The first-order chi connectivity index (χ1) is 6.56. The van der Waals surface area contributed by atoms with Gasteiger partial charge in [0.1, 0.15) is 24.9 Å². The van der Waals surface area contributed by atoms with Crippen LogP contribution in [0.3, 0.4) is 0 Å². The molecule has 0 unspecified atom stereocenters. The fourth-order valence-electron chi connectivity index (χ4n) is 1.28. The molecular weight excluding hydrogens is 190 g/mol. The number of rotatable bonds is 2. The minimum absolute atomic E-state index is 0.330. The molecule has 0 bridgehead atoms. The second-order valence-corrected chi connectivity index (χ2v) is 3.20. The van der Waals surface area contributed by atoms with E-state index in [1.165, 1.54) is 13.5 Å². The van der Waals surface area contributed by atoms with Gasteiger partial charge in [-0.05, 0) is 0 Å². The van der Waals surface area contributed by atoms with Crippen LogP contribution in [0.25, 0.3) is 0 Å². The van der Waals surface area contributed by atoms with E-state index in [1.54, 1.807) is 0 Å². The van der Waals surface area contributed by atoms with Crippen LogP contribution in [0.1, 0.15) is 6.92 Å². The van der Waals surface area contributed by atoms with Crippen molar-refractivity contribution in [3.63, 3.8) is 0 Å². The molecule has 6 nitrogen and oxygen atoms in total. The Balaban J connectivity index is 2.54. The third-order valence-electron chi connectivity index (χ3n) is 2.05. The predicted octanol–water partition coefficient (Wildman–Crippen LogP) is -2.23. The first-order valence-electron chi connectivity index (χ1n) is 4.29. The summed E-state index contributed by atoms with van der Waals surface area (Å²) in [4.78, 5) is 10.7. The van der Waals surface area contributed by atoms with Gasteiger partial charge in [-0.3, -0.25) is 4.79 Å². The average molecular weight is 204 g/mol. The van der Waals surface area contributed by atoms with Crippen molar-refractivity contribution in [3.8, 4) is 0 Å². The van der Waals surface area contributed by atoms with Gasteiger partial charge in [-0.2, -0.15) is 0 Å². The van der Waals surface area contributed by atoms with Crippen molar-refractivity contribution in [2.75, 3.05) is 6.61 Å². The van der Waals surface area contributed by atoms with E-state index in [2.05, 4.69) is 5.32 Å². The first kappa shape index (κ1) is 11.4. The third-order valence-corrected chi connectivity index (χ3v) is 2.05. The summed E-state index contributed by atoms with van der Waals surface area (Å²) in [5.41, 5.74) is 0. The number of carbonyl (C=O) groups is 1.